The first kappa shape index (κ1) is 17.3. The first-order valence-electron chi connectivity index (χ1n) is 5.79. The van der Waals surface area contributed by atoms with Gasteiger partial charge in [-0.1, -0.05) is 18.5 Å². The van der Waals surface area contributed by atoms with E-state index in [9.17, 15) is 23.3 Å². The molecule has 0 radical (unpaired) electrons. The van der Waals surface area contributed by atoms with Crippen LogP contribution in [0, 0.1) is 17.0 Å². The second-order valence-corrected chi connectivity index (χ2v) is 6.35. The summed E-state index contributed by atoms with van der Waals surface area (Å²) in [5, 5.41) is 19.7. The molecule has 0 spiro atoms. The van der Waals surface area contributed by atoms with E-state index < -0.39 is 37.5 Å². The Balaban J connectivity index is 3.32. The molecule has 1 atom stereocenters. The quantitative estimate of drug-likeness (QED) is 0.601. The molecule has 0 unspecified atom stereocenters. The molecule has 10 heteroatoms. The summed E-state index contributed by atoms with van der Waals surface area (Å²) >= 11 is 5.79. The van der Waals surface area contributed by atoms with E-state index in [1.807, 2.05) is 4.72 Å². The number of benzene rings is 1. The second kappa shape index (κ2) is 6.37. The van der Waals surface area contributed by atoms with Crippen molar-refractivity contribution in [2.75, 3.05) is 0 Å². The molecule has 0 aliphatic carbocycles. The van der Waals surface area contributed by atoms with Gasteiger partial charge in [-0.25, -0.2) is 8.42 Å². The fourth-order valence-electron chi connectivity index (χ4n) is 1.55. The Morgan fingerprint density at radius 1 is 1.52 bits per heavy atom. The third kappa shape index (κ3) is 3.90. The molecule has 21 heavy (non-hydrogen) atoms. The van der Waals surface area contributed by atoms with E-state index in [0.29, 0.717) is 0 Å². The molecule has 1 aromatic carbocycles. The highest BCUT2D eigenvalue weighted by atomic mass is 35.5. The zero-order valence-electron chi connectivity index (χ0n) is 11.2. The number of nitro benzene ring substituents is 1. The number of nitrogens with one attached hydrogen (secondary N) is 1. The maximum atomic E-state index is 12.1. The number of hydrogen-bond donors (Lipinski definition) is 2. The number of halogens is 1. The lowest BCUT2D eigenvalue weighted by atomic mass is 10.2. The first-order valence-corrected chi connectivity index (χ1v) is 7.66. The standard InChI is InChI=1S/C11H13ClN2O6S/c1-3-9(11(15)16)13-21(19,20)7-4-8(12)6(2)10(5-7)14(17)18/h4-5,9,13H,3H2,1-2H3,(H,15,16)/t9-/m0/s1. The van der Waals surface area contributed by atoms with Gasteiger partial charge in [0.1, 0.15) is 6.04 Å². The fourth-order valence-corrected chi connectivity index (χ4v) is 3.15. The molecule has 0 aliphatic rings. The average Bonchev–Trinajstić information content (AvgIpc) is 2.38. The van der Waals surface area contributed by atoms with Crippen LogP contribution in [0.25, 0.3) is 0 Å². The first-order chi connectivity index (χ1) is 9.60. The van der Waals surface area contributed by atoms with Gasteiger partial charge in [0.05, 0.1) is 14.8 Å². The molecule has 8 nitrogen and oxygen atoms in total. The van der Waals surface area contributed by atoms with Crippen molar-refractivity contribution < 1.29 is 23.2 Å². The van der Waals surface area contributed by atoms with E-state index in [-0.39, 0.29) is 17.0 Å². The third-order valence-corrected chi connectivity index (χ3v) is 4.64. The van der Waals surface area contributed by atoms with E-state index in [1.165, 1.54) is 13.8 Å². The molecule has 1 aromatic rings. The van der Waals surface area contributed by atoms with E-state index in [0.717, 1.165) is 12.1 Å². The summed E-state index contributed by atoms with van der Waals surface area (Å²) in [7, 11) is -4.23. The van der Waals surface area contributed by atoms with Gasteiger partial charge in [0.25, 0.3) is 5.69 Å². The second-order valence-electron chi connectivity index (χ2n) is 4.23. The van der Waals surface area contributed by atoms with E-state index in [2.05, 4.69) is 0 Å². The van der Waals surface area contributed by atoms with Crippen LogP contribution in [-0.4, -0.2) is 30.5 Å². The lowest BCUT2D eigenvalue weighted by Gasteiger charge is -2.13. The molecule has 0 aliphatic heterocycles. The number of carboxylic acids is 1. The number of carboxylic acid groups (broad SMARTS) is 1. The summed E-state index contributed by atoms with van der Waals surface area (Å²) in [6.45, 7) is 2.88. The van der Waals surface area contributed by atoms with Gasteiger partial charge in [-0.15, -0.1) is 0 Å². The number of nitrogens with zero attached hydrogens (tertiary/aromatic N) is 1. The Hall–Kier alpha value is -1.71. The molecule has 116 valence electrons. The minimum atomic E-state index is -4.23. The van der Waals surface area contributed by atoms with Crippen LogP contribution >= 0.6 is 11.6 Å². The third-order valence-electron chi connectivity index (χ3n) is 2.80. The summed E-state index contributed by atoms with van der Waals surface area (Å²) < 4.78 is 26.1. The fraction of sp³-hybridized carbons (Fsp3) is 0.364. The van der Waals surface area contributed by atoms with Gasteiger partial charge in [0, 0.05) is 11.6 Å². The number of hydrogen-bond acceptors (Lipinski definition) is 5. The van der Waals surface area contributed by atoms with Crippen molar-refractivity contribution in [3.8, 4) is 0 Å². The van der Waals surface area contributed by atoms with Gasteiger partial charge in [-0.3, -0.25) is 14.9 Å². The molecule has 0 saturated carbocycles. The number of aliphatic carboxylic acids is 1. The van der Waals surface area contributed by atoms with Crippen LogP contribution in [0.5, 0.6) is 0 Å². The van der Waals surface area contributed by atoms with Gasteiger partial charge in [0.15, 0.2) is 0 Å². The lowest BCUT2D eigenvalue weighted by Crippen LogP contribution is -2.40. The molecular formula is C11H13ClN2O6S. The number of nitro groups is 1. The van der Waals surface area contributed by atoms with Crippen molar-refractivity contribution in [3.05, 3.63) is 32.8 Å². The molecule has 0 fully saturated rings. The van der Waals surface area contributed by atoms with Crippen molar-refractivity contribution in [2.24, 2.45) is 0 Å². The SMILES string of the molecule is CC[C@H](NS(=O)(=O)c1cc(Cl)c(C)c([N+](=O)[O-])c1)C(=O)O. The smallest absolute Gasteiger partial charge is 0.321 e. The van der Waals surface area contributed by atoms with Gasteiger partial charge in [-0.2, -0.15) is 4.72 Å². The zero-order valence-corrected chi connectivity index (χ0v) is 12.7. The van der Waals surface area contributed by atoms with E-state index in [1.54, 1.807) is 0 Å². The predicted molar refractivity (Wildman–Crippen MR) is 74.9 cm³/mol. The number of carbonyl (C=O) groups is 1. The molecule has 0 aromatic heterocycles. The Labute approximate surface area is 125 Å². The summed E-state index contributed by atoms with van der Waals surface area (Å²) in [5.74, 6) is -1.34. The van der Waals surface area contributed by atoms with E-state index >= 15 is 0 Å². The van der Waals surface area contributed by atoms with Gasteiger partial charge >= 0.3 is 5.97 Å². The summed E-state index contributed by atoms with van der Waals surface area (Å²) in [6, 6.07) is 0.563. The molecule has 0 heterocycles. The largest absolute Gasteiger partial charge is 0.480 e. The van der Waals surface area contributed by atoms with Crippen LogP contribution in [-0.2, 0) is 14.8 Å². The van der Waals surface area contributed by atoms with Crippen LogP contribution in [0.15, 0.2) is 17.0 Å². The summed E-state index contributed by atoms with van der Waals surface area (Å²) in [4.78, 5) is 20.5. The Morgan fingerprint density at radius 3 is 2.52 bits per heavy atom. The van der Waals surface area contributed by atoms with Crippen molar-refractivity contribution in [2.45, 2.75) is 31.2 Å². The molecule has 1 rings (SSSR count). The Morgan fingerprint density at radius 2 is 2.10 bits per heavy atom. The molecule has 0 bridgehead atoms. The average molecular weight is 337 g/mol. The van der Waals surface area contributed by atoms with Crippen LogP contribution in [0.4, 0.5) is 5.69 Å². The topological polar surface area (TPSA) is 127 Å². The normalized spacial score (nSPS) is 12.9. The molecule has 0 amide bonds. The van der Waals surface area contributed by atoms with Crippen LogP contribution in [0.2, 0.25) is 5.02 Å². The maximum absolute atomic E-state index is 12.1. The van der Waals surface area contributed by atoms with Crippen molar-refractivity contribution >= 4 is 33.3 Å². The number of sulfonamides is 1. The summed E-state index contributed by atoms with van der Waals surface area (Å²) in [5.41, 5.74) is -0.322. The maximum Gasteiger partial charge on any atom is 0.321 e. The zero-order chi connectivity index (χ0) is 16.4. The Kier molecular flexibility index (Phi) is 5.26. The predicted octanol–water partition coefficient (Wildman–Crippen LogP) is 1.70. The molecule has 2 N–H and O–H groups in total. The van der Waals surface area contributed by atoms with Crippen molar-refractivity contribution in [1.82, 2.24) is 4.72 Å². The molecule has 0 saturated heterocycles. The highest BCUT2D eigenvalue weighted by Gasteiger charge is 2.27. The highest BCUT2D eigenvalue weighted by Crippen LogP contribution is 2.29. The molecular weight excluding hydrogens is 324 g/mol. The minimum Gasteiger partial charge on any atom is -0.480 e. The van der Waals surface area contributed by atoms with Crippen molar-refractivity contribution in [1.29, 1.82) is 0 Å². The minimum absolute atomic E-state index is 0.0241. The van der Waals surface area contributed by atoms with Gasteiger partial charge in [0.2, 0.25) is 10.0 Å². The van der Waals surface area contributed by atoms with Crippen LogP contribution in [0.1, 0.15) is 18.9 Å². The number of rotatable bonds is 6. The van der Waals surface area contributed by atoms with Gasteiger partial charge in [-0.05, 0) is 19.4 Å². The van der Waals surface area contributed by atoms with E-state index in [4.69, 9.17) is 16.7 Å². The highest BCUT2D eigenvalue weighted by molar-refractivity contribution is 7.89. The van der Waals surface area contributed by atoms with Crippen molar-refractivity contribution in [3.63, 3.8) is 0 Å². The summed E-state index contributed by atoms with van der Waals surface area (Å²) in [6.07, 6.45) is 0.0241. The Bertz CT molecular complexity index is 688. The van der Waals surface area contributed by atoms with Crippen LogP contribution in [0.3, 0.4) is 0 Å². The van der Waals surface area contributed by atoms with Gasteiger partial charge < -0.3 is 5.11 Å². The monoisotopic (exact) mass is 336 g/mol. The lowest BCUT2D eigenvalue weighted by molar-refractivity contribution is -0.385. The van der Waals surface area contributed by atoms with Crippen LogP contribution < -0.4 is 4.72 Å².